The molecule has 3 atom stereocenters. The van der Waals surface area contributed by atoms with Gasteiger partial charge in [-0.2, -0.15) is 0 Å². The maximum Gasteiger partial charge on any atom is 0.191 e. The highest BCUT2D eigenvalue weighted by Gasteiger charge is 2.35. The van der Waals surface area contributed by atoms with Gasteiger partial charge in [-0.3, -0.25) is 4.99 Å². The van der Waals surface area contributed by atoms with Crippen LogP contribution in [0.3, 0.4) is 0 Å². The van der Waals surface area contributed by atoms with Gasteiger partial charge in [0.05, 0.1) is 19.3 Å². The smallest absolute Gasteiger partial charge is 0.191 e. The highest BCUT2D eigenvalue weighted by Crippen LogP contribution is 2.34. The Balaban J connectivity index is 1.69. The minimum Gasteiger partial charge on any atom is -0.381 e. The van der Waals surface area contributed by atoms with Crippen molar-refractivity contribution in [2.75, 3.05) is 52.7 Å². The lowest BCUT2D eigenvalue weighted by Gasteiger charge is -2.39. The number of nitrogens with zero attached hydrogens (tertiary/aromatic N) is 1. The summed E-state index contributed by atoms with van der Waals surface area (Å²) in [4.78, 5) is 4.84. The first-order chi connectivity index (χ1) is 13.0. The molecule has 2 rings (SSSR count). The van der Waals surface area contributed by atoms with Gasteiger partial charge < -0.3 is 24.8 Å². The van der Waals surface area contributed by atoms with Crippen LogP contribution in [0.5, 0.6) is 0 Å². The summed E-state index contributed by atoms with van der Waals surface area (Å²) in [7, 11) is 0. The lowest BCUT2D eigenvalue weighted by atomic mass is 9.78. The number of aliphatic imine (C=N–C) groups is 1. The second-order valence-corrected chi connectivity index (χ2v) is 8.86. The average molecular weight is 384 g/mol. The molecule has 2 saturated heterocycles. The highest BCUT2D eigenvalue weighted by molar-refractivity contribution is 5.79. The summed E-state index contributed by atoms with van der Waals surface area (Å²) in [5.41, 5.74) is 0.161. The van der Waals surface area contributed by atoms with Crippen molar-refractivity contribution in [1.29, 1.82) is 0 Å². The first-order valence-electron chi connectivity index (χ1n) is 10.8. The highest BCUT2D eigenvalue weighted by atomic mass is 16.5. The van der Waals surface area contributed by atoms with Crippen LogP contribution in [-0.2, 0) is 14.2 Å². The van der Waals surface area contributed by atoms with Gasteiger partial charge in [-0.1, -0.05) is 20.8 Å². The van der Waals surface area contributed by atoms with E-state index in [4.69, 9.17) is 19.2 Å². The quantitative estimate of drug-likeness (QED) is 0.364. The molecule has 2 aliphatic heterocycles. The Bertz CT molecular complexity index is 431. The lowest BCUT2D eigenvalue weighted by molar-refractivity contribution is -0.0823. The van der Waals surface area contributed by atoms with Gasteiger partial charge in [0.25, 0.3) is 0 Å². The first-order valence-corrected chi connectivity index (χ1v) is 10.8. The standard InChI is InChI=1S/C21H41N3O3/c1-5-22-20(23-10-7-11-25-15-17-9-13-26-16-17)24-14-18-8-6-12-27-19(18)21(2,3)4/h17-19H,5-16H2,1-4H3,(H2,22,23,24). The summed E-state index contributed by atoms with van der Waals surface area (Å²) >= 11 is 0. The van der Waals surface area contributed by atoms with E-state index in [0.717, 1.165) is 77.9 Å². The Morgan fingerprint density at radius 1 is 1.19 bits per heavy atom. The Labute approximate surface area is 165 Å². The molecule has 2 N–H and O–H groups in total. The molecule has 2 fully saturated rings. The van der Waals surface area contributed by atoms with Gasteiger partial charge in [-0.25, -0.2) is 0 Å². The molecule has 0 bridgehead atoms. The van der Waals surface area contributed by atoms with Crippen molar-refractivity contribution >= 4 is 5.96 Å². The topological polar surface area (TPSA) is 64.1 Å². The van der Waals surface area contributed by atoms with Crippen LogP contribution in [0.1, 0.15) is 53.4 Å². The van der Waals surface area contributed by atoms with E-state index in [9.17, 15) is 0 Å². The van der Waals surface area contributed by atoms with Gasteiger partial charge in [-0.05, 0) is 38.0 Å². The molecule has 0 aromatic rings. The van der Waals surface area contributed by atoms with E-state index in [0.29, 0.717) is 11.8 Å². The van der Waals surface area contributed by atoms with Gasteiger partial charge in [0.1, 0.15) is 0 Å². The molecule has 27 heavy (non-hydrogen) atoms. The molecule has 0 aliphatic carbocycles. The lowest BCUT2D eigenvalue weighted by Crippen LogP contribution is -2.43. The number of rotatable bonds is 9. The molecular weight excluding hydrogens is 342 g/mol. The summed E-state index contributed by atoms with van der Waals surface area (Å²) in [5.74, 6) is 1.98. The molecule has 0 saturated carbocycles. The predicted octanol–water partition coefficient (Wildman–Crippen LogP) is 2.83. The third-order valence-corrected chi connectivity index (χ3v) is 5.26. The van der Waals surface area contributed by atoms with Crippen molar-refractivity contribution in [3.05, 3.63) is 0 Å². The van der Waals surface area contributed by atoms with E-state index in [2.05, 4.69) is 38.3 Å². The van der Waals surface area contributed by atoms with E-state index in [1.165, 1.54) is 6.42 Å². The molecule has 0 aromatic carbocycles. The van der Waals surface area contributed by atoms with E-state index in [1.54, 1.807) is 0 Å². The van der Waals surface area contributed by atoms with Gasteiger partial charge in [0.15, 0.2) is 5.96 Å². The average Bonchev–Trinajstić information content (AvgIpc) is 3.15. The summed E-state index contributed by atoms with van der Waals surface area (Å²) in [6.45, 7) is 15.7. The van der Waals surface area contributed by atoms with Crippen molar-refractivity contribution < 1.29 is 14.2 Å². The third-order valence-electron chi connectivity index (χ3n) is 5.26. The molecule has 3 unspecified atom stereocenters. The molecule has 0 amide bonds. The zero-order valence-electron chi connectivity index (χ0n) is 17.9. The fourth-order valence-corrected chi connectivity index (χ4v) is 3.88. The summed E-state index contributed by atoms with van der Waals surface area (Å²) in [6.07, 6.45) is 4.74. The fourth-order valence-electron chi connectivity index (χ4n) is 3.88. The predicted molar refractivity (Wildman–Crippen MR) is 110 cm³/mol. The maximum atomic E-state index is 6.08. The summed E-state index contributed by atoms with van der Waals surface area (Å²) in [6, 6.07) is 0. The Morgan fingerprint density at radius 2 is 2.04 bits per heavy atom. The van der Waals surface area contributed by atoms with Crippen molar-refractivity contribution in [3.8, 4) is 0 Å². The summed E-state index contributed by atoms with van der Waals surface area (Å²) < 4.78 is 17.2. The third kappa shape index (κ3) is 8.36. The minimum absolute atomic E-state index is 0.161. The van der Waals surface area contributed by atoms with Crippen LogP contribution in [0.15, 0.2) is 4.99 Å². The number of hydrogen-bond acceptors (Lipinski definition) is 4. The SMILES string of the molecule is CCNC(=NCC1CCCOC1C(C)(C)C)NCCCOCC1CCOC1. The van der Waals surface area contributed by atoms with Crippen molar-refractivity contribution in [2.45, 2.75) is 59.5 Å². The van der Waals surface area contributed by atoms with Crippen LogP contribution in [-0.4, -0.2) is 64.7 Å². The minimum atomic E-state index is 0.161. The molecule has 0 radical (unpaired) electrons. The molecule has 2 heterocycles. The van der Waals surface area contributed by atoms with Crippen LogP contribution >= 0.6 is 0 Å². The van der Waals surface area contributed by atoms with Gasteiger partial charge in [0.2, 0.25) is 0 Å². The van der Waals surface area contributed by atoms with Crippen LogP contribution in [0, 0.1) is 17.3 Å². The van der Waals surface area contributed by atoms with Crippen molar-refractivity contribution in [2.24, 2.45) is 22.2 Å². The second kappa shape index (κ2) is 11.9. The van der Waals surface area contributed by atoms with Crippen molar-refractivity contribution in [1.82, 2.24) is 10.6 Å². The molecule has 6 heteroatoms. The number of nitrogens with one attached hydrogen (secondary N) is 2. The molecule has 6 nitrogen and oxygen atoms in total. The molecule has 158 valence electrons. The van der Waals surface area contributed by atoms with Gasteiger partial charge >= 0.3 is 0 Å². The van der Waals surface area contributed by atoms with Crippen LogP contribution in [0.2, 0.25) is 0 Å². The second-order valence-electron chi connectivity index (χ2n) is 8.86. The molecule has 0 spiro atoms. The monoisotopic (exact) mass is 383 g/mol. The van der Waals surface area contributed by atoms with Gasteiger partial charge in [-0.15, -0.1) is 0 Å². The van der Waals surface area contributed by atoms with E-state index in [1.807, 2.05) is 0 Å². The van der Waals surface area contributed by atoms with E-state index in [-0.39, 0.29) is 11.5 Å². The fraction of sp³-hybridized carbons (Fsp3) is 0.952. The van der Waals surface area contributed by atoms with E-state index >= 15 is 0 Å². The zero-order chi connectivity index (χ0) is 19.5. The summed E-state index contributed by atoms with van der Waals surface area (Å²) in [5, 5.41) is 6.79. The van der Waals surface area contributed by atoms with Gasteiger partial charge in [0, 0.05) is 51.3 Å². The number of guanidine groups is 1. The van der Waals surface area contributed by atoms with Crippen molar-refractivity contribution in [3.63, 3.8) is 0 Å². The number of hydrogen-bond donors (Lipinski definition) is 2. The largest absolute Gasteiger partial charge is 0.381 e. The van der Waals surface area contributed by atoms with Crippen LogP contribution in [0.4, 0.5) is 0 Å². The molecule has 0 aromatic heterocycles. The molecule has 2 aliphatic rings. The normalized spacial score (nSPS) is 27.0. The van der Waals surface area contributed by atoms with E-state index < -0.39 is 0 Å². The zero-order valence-corrected chi connectivity index (χ0v) is 17.9. The number of ether oxygens (including phenoxy) is 3. The Kier molecular flexibility index (Phi) is 9.87. The first kappa shape index (κ1) is 22.4. The van der Waals surface area contributed by atoms with Crippen LogP contribution in [0.25, 0.3) is 0 Å². The molecular formula is C21H41N3O3. The Hall–Kier alpha value is -0.850. The Morgan fingerprint density at radius 3 is 2.74 bits per heavy atom. The maximum absolute atomic E-state index is 6.08. The van der Waals surface area contributed by atoms with Crippen LogP contribution < -0.4 is 10.6 Å².